The van der Waals surface area contributed by atoms with Gasteiger partial charge < -0.3 is 4.74 Å². The van der Waals surface area contributed by atoms with Crippen LogP contribution in [0.1, 0.15) is 26.2 Å². The second-order valence-electron chi connectivity index (χ2n) is 3.13. The Morgan fingerprint density at radius 1 is 1.60 bits per heavy atom. The van der Waals surface area contributed by atoms with E-state index in [0.717, 1.165) is 12.5 Å². The van der Waals surface area contributed by atoms with Gasteiger partial charge >= 0.3 is 0 Å². The molecule has 0 aliphatic carbocycles. The summed E-state index contributed by atoms with van der Waals surface area (Å²) in [5.74, 6) is 0.908. The van der Waals surface area contributed by atoms with E-state index in [1.54, 1.807) is 0 Å². The summed E-state index contributed by atoms with van der Waals surface area (Å²) < 4.78 is 5.69. The van der Waals surface area contributed by atoms with Gasteiger partial charge in [-0.1, -0.05) is 19.9 Å². The van der Waals surface area contributed by atoms with E-state index in [2.05, 4.69) is 13.5 Å². The highest BCUT2D eigenvalue weighted by Gasteiger charge is 2.22. The summed E-state index contributed by atoms with van der Waals surface area (Å²) in [4.78, 5) is 0. The molecular weight excluding hydrogens is 140 g/mol. The second kappa shape index (κ2) is 4.14. The van der Waals surface area contributed by atoms with Crippen molar-refractivity contribution >= 4 is 9.52 Å². The van der Waals surface area contributed by atoms with Crippen LogP contribution in [0.2, 0.25) is 6.55 Å². The molecule has 0 aromatic carbocycles. The van der Waals surface area contributed by atoms with Gasteiger partial charge in [0.2, 0.25) is 0 Å². The molecule has 10 heavy (non-hydrogen) atoms. The summed E-state index contributed by atoms with van der Waals surface area (Å²) in [7, 11) is 0.0876. The Labute approximate surface area is 66.0 Å². The monoisotopic (exact) mass is 158 g/mol. The van der Waals surface area contributed by atoms with E-state index in [9.17, 15) is 0 Å². The predicted molar refractivity (Wildman–Crippen MR) is 47.2 cm³/mol. The van der Waals surface area contributed by atoms with Gasteiger partial charge in [0.25, 0.3) is 0 Å². The van der Waals surface area contributed by atoms with Crippen LogP contribution in [0.15, 0.2) is 0 Å². The van der Waals surface area contributed by atoms with Crippen LogP contribution in [-0.4, -0.2) is 21.9 Å². The van der Waals surface area contributed by atoms with E-state index in [4.69, 9.17) is 4.74 Å². The number of hydrogen-bond donors (Lipinski definition) is 0. The molecule has 1 nitrogen and oxygen atoms in total. The lowest BCUT2D eigenvalue weighted by molar-refractivity contribution is 0.0215. The minimum absolute atomic E-state index is 0.0876. The van der Waals surface area contributed by atoms with Crippen molar-refractivity contribution in [1.29, 1.82) is 0 Å². The topological polar surface area (TPSA) is 9.23 Å². The fourth-order valence-electron chi connectivity index (χ4n) is 1.82. The quantitative estimate of drug-likeness (QED) is 0.552. The van der Waals surface area contributed by atoms with Gasteiger partial charge in [-0.25, -0.2) is 0 Å². The normalized spacial score (nSPS) is 35.4. The SMILES string of the molecule is CCC1CCCOC1[SiH2]C. The van der Waals surface area contributed by atoms with Crippen LogP contribution in [0.3, 0.4) is 0 Å². The Kier molecular flexibility index (Phi) is 3.42. The Bertz CT molecular complexity index is 83.3. The van der Waals surface area contributed by atoms with E-state index in [0.29, 0.717) is 5.73 Å². The first-order valence-corrected chi connectivity index (χ1v) is 6.73. The fraction of sp³-hybridized carbons (Fsp3) is 1.00. The van der Waals surface area contributed by atoms with Crippen molar-refractivity contribution in [2.24, 2.45) is 5.92 Å². The van der Waals surface area contributed by atoms with Crippen molar-refractivity contribution < 1.29 is 4.74 Å². The molecule has 0 spiro atoms. The van der Waals surface area contributed by atoms with Crippen LogP contribution < -0.4 is 0 Å². The first kappa shape index (κ1) is 8.28. The molecule has 1 aliphatic rings. The van der Waals surface area contributed by atoms with Crippen molar-refractivity contribution in [3.63, 3.8) is 0 Å². The Balaban J connectivity index is 2.34. The molecule has 1 aliphatic heterocycles. The van der Waals surface area contributed by atoms with Gasteiger partial charge in [-0.2, -0.15) is 0 Å². The molecule has 1 rings (SSSR count). The van der Waals surface area contributed by atoms with Crippen LogP contribution in [0, 0.1) is 5.92 Å². The molecule has 1 fully saturated rings. The van der Waals surface area contributed by atoms with Gasteiger partial charge in [0, 0.05) is 12.3 Å². The summed E-state index contributed by atoms with van der Waals surface area (Å²) in [6, 6.07) is 0. The molecule has 0 aromatic rings. The average molecular weight is 158 g/mol. The van der Waals surface area contributed by atoms with Crippen LogP contribution in [-0.2, 0) is 4.74 Å². The predicted octanol–water partition coefficient (Wildman–Crippen LogP) is 1.37. The highest BCUT2D eigenvalue weighted by molar-refractivity contribution is 6.35. The maximum absolute atomic E-state index is 5.69. The lowest BCUT2D eigenvalue weighted by atomic mass is 9.99. The standard InChI is InChI=1S/C8H18OSi/c1-3-7-5-4-6-9-8(7)10-2/h7-8H,3-6,10H2,1-2H3. The summed E-state index contributed by atoms with van der Waals surface area (Å²) in [6.45, 7) is 5.68. The van der Waals surface area contributed by atoms with Crippen LogP contribution in [0.25, 0.3) is 0 Å². The maximum Gasteiger partial charge on any atom is 0.0528 e. The third-order valence-electron chi connectivity index (χ3n) is 2.50. The molecule has 60 valence electrons. The largest absolute Gasteiger partial charge is 0.382 e. The van der Waals surface area contributed by atoms with Crippen molar-refractivity contribution in [1.82, 2.24) is 0 Å². The molecule has 1 heterocycles. The molecule has 1 saturated heterocycles. The molecule has 2 heteroatoms. The smallest absolute Gasteiger partial charge is 0.0528 e. The van der Waals surface area contributed by atoms with Crippen molar-refractivity contribution in [2.75, 3.05) is 6.61 Å². The Morgan fingerprint density at radius 2 is 2.40 bits per heavy atom. The van der Waals surface area contributed by atoms with Gasteiger partial charge in [-0.3, -0.25) is 0 Å². The third kappa shape index (κ3) is 1.83. The Hall–Kier alpha value is 0.177. The zero-order valence-electron chi connectivity index (χ0n) is 7.10. The van der Waals surface area contributed by atoms with Gasteiger partial charge in [-0.15, -0.1) is 0 Å². The highest BCUT2D eigenvalue weighted by Crippen LogP contribution is 2.22. The van der Waals surface area contributed by atoms with E-state index < -0.39 is 0 Å². The van der Waals surface area contributed by atoms with Crippen LogP contribution in [0.5, 0.6) is 0 Å². The minimum atomic E-state index is 0.0876. The molecule has 2 unspecified atom stereocenters. The molecular formula is C8H18OSi. The molecule has 0 N–H and O–H groups in total. The number of hydrogen-bond acceptors (Lipinski definition) is 1. The summed E-state index contributed by atoms with van der Waals surface area (Å²) in [6.07, 6.45) is 4.04. The van der Waals surface area contributed by atoms with E-state index in [1.807, 2.05) is 0 Å². The van der Waals surface area contributed by atoms with E-state index >= 15 is 0 Å². The first-order valence-electron chi connectivity index (χ1n) is 4.50. The van der Waals surface area contributed by atoms with Gasteiger partial charge in [0.05, 0.1) is 9.52 Å². The van der Waals surface area contributed by atoms with Gasteiger partial charge in [-0.05, 0) is 18.8 Å². The lowest BCUT2D eigenvalue weighted by Crippen LogP contribution is -2.32. The fourth-order valence-corrected chi connectivity index (χ4v) is 3.46. The van der Waals surface area contributed by atoms with Crippen molar-refractivity contribution in [2.45, 2.75) is 38.5 Å². The van der Waals surface area contributed by atoms with Crippen molar-refractivity contribution in [3.05, 3.63) is 0 Å². The number of ether oxygens (including phenoxy) is 1. The second-order valence-corrected chi connectivity index (χ2v) is 4.75. The van der Waals surface area contributed by atoms with E-state index in [1.165, 1.54) is 19.3 Å². The molecule has 0 saturated carbocycles. The zero-order valence-corrected chi connectivity index (χ0v) is 8.51. The van der Waals surface area contributed by atoms with Gasteiger partial charge in [0.15, 0.2) is 0 Å². The average Bonchev–Trinajstić information content (AvgIpc) is 2.04. The Morgan fingerprint density at radius 3 is 2.90 bits per heavy atom. The molecule has 0 aromatic heterocycles. The minimum Gasteiger partial charge on any atom is -0.382 e. The zero-order chi connectivity index (χ0) is 7.40. The lowest BCUT2D eigenvalue weighted by Gasteiger charge is -2.30. The summed E-state index contributed by atoms with van der Waals surface area (Å²) in [5.41, 5.74) is 0.707. The van der Waals surface area contributed by atoms with Gasteiger partial charge in [0.1, 0.15) is 0 Å². The number of rotatable bonds is 2. The third-order valence-corrected chi connectivity index (χ3v) is 4.21. The first-order chi connectivity index (χ1) is 4.88. The molecule has 0 amide bonds. The molecule has 0 radical (unpaired) electrons. The van der Waals surface area contributed by atoms with Crippen LogP contribution >= 0.6 is 0 Å². The van der Waals surface area contributed by atoms with E-state index in [-0.39, 0.29) is 9.52 Å². The molecule has 2 atom stereocenters. The van der Waals surface area contributed by atoms with Crippen LogP contribution in [0.4, 0.5) is 0 Å². The highest BCUT2D eigenvalue weighted by atomic mass is 28.2. The maximum atomic E-state index is 5.69. The summed E-state index contributed by atoms with van der Waals surface area (Å²) in [5, 5.41) is 0. The molecule has 0 bridgehead atoms. The summed E-state index contributed by atoms with van der Waals surface area (Å²) >= 11 is 0. The van der Waals surface area contributed by atoms with Crippen molar-refractivity contribution in [3.8, 4) is 0 Å².